The number of hydrogen-bond donors (Lipinski definition) is 1. The fraction of sp³-hybridized carbons (Fsp3) is 0.200. The van der Waals surface area contributed by atoms with Crippen molar-refractivity contribution >= 4 is 31.9 Å². The number of benzene rings is 2. The highest BCUT2D eigenvalue weighted by Gasteiger charge is 2.10. The van der Waals surface area contributed by atoms with Gasteiger partial charge in [0.2, 0.25) is 0 Å². The van der Waals surface area contributed by atoms with Gasteiger partial charge in [0.25, 0.3) is 0 Å². The first-order valence-corrected chi connectivity index (χ1v) is 7.69. The van der Waals surface area contributed by atoms with Gasteiger partial charge in [-0.05, 0) is 59.7 Å². The van der Waals surface area contributed by atoms with Crippen LogP contribution in [-0.4, -0.2) is 7.05 Å². The Kier molecular flexibility index (Phi) is 5.18. The zero-order valence-electron chi connectivity index (χ0n) is 11.1. The molecule has 0 aliphatic carbocycles. The molecule has 1 unspecified atom stereocenters. The second-order valence-corrected chi connectivity index (χ2v) is 6.08. The van der Waals surface area contributed by atoms with E-state index in [1.807, 2.05) is 25.2 Å². The number of hydrogen-bond acceptors (Lipinski definition) is 2. The van der Waals surface area contributed by atoms with E-state index < -0.39 is 0 Å². The highest BCUT2D eigenvalue weighted by Crippen LogP contribution is 2.33. The highest BCUT2D eigenvalue weighted by molar-refractivity contribution is 9.10. The van der Waals surface area contributed by atoms with Gasteiger partial charge in [-0.25, -0.2) is 4.39 Å². The molecule has 0 radical (unpaired) electrons. The molecule has 1 atom stereocenters. The summed E-state index contributed by atoms with van der Waals surface area (Å²) < 4.78 is 20.6. The molecule has 0 heterocycles. The summed E-state index contributed by atoms with van der Waals surface area (Å²) in [6.07, 6.45) is 0. The second-order valence-electron chi connectivity index (χ2n) is 4.37. The van der Waals surface area contributed by atoms with E-state index in [1.54, 1.807) is 6.07 Å². The van der Waals surface area contributed by atoms with Crippen LogP contribution in [0.2, 0.25) is 0 Å². The molecular weight excluding hydrogens is 389 g/mol. The molecule has 2 aromatic rings. The van der Waals surface area contributed by atoms with Crippen LogP contribution in [0.3, 0.4) is 0 Å². The Morgan fingerprint density at radius 1 is 1.10 bits per heavy atom. The van der Waals surface area contributed by atoms with Crippen LogP contribution in [-0.2, 0) is 0 Å². The first-order chi connectivity index (χ1) is 9.51. The monoisotopic (exact) mass is 401 g/mol. The Bertz CT molecular complexity index is 619. The van der Waals surface area contributed by atoms with Gasteiger partial charge in [0.05, 0.1) is 4.47 Å². The summed E-state index contributed by atoms with van der Waals surface area (Å²) in [7, 11) is 1.91. The molecule has 0 spiro atoms. The summed E-state index contributed by atoms with van der Waals surface area (Å²) in [5, 5.41) is 3.18. The van der Waals surface area contributed by atoms with Gasteiger partial charge in [-0.15, -0.1) is 0 Å². The van der Waals surface area contributed by atoms with Crippen molar-refractivity contribution in [1.29, 1.82) is 0 Å². The van der Waals surface area contributed by atoms with Crippen LogP contribution in [0, 0.1) is 5.82 Å². The molecule has 1 N–H and O–H groups in total. The van der Waals surface area contributed by atoms with Gasteiger partial charge < -0.3 is 10.1 Å². The quantitative estimate of drug-likeness (QED) is 0.736. The van der Waals surface area contributed by atoms with Crippen LogP contribution in [0.5, 0.6) is 11.5 Å². The third kappa shape index (κ3) is 3.59. The lowest BCUT2D eigenvalue weighted by Crippen LogP contribution is -2.12. The minimum atomic E-state index is -0.331. The lowest BCUT2D eigenvalue weighted by atomic mass is 10.1. The van der Waals surface area contributed by atoms with Crippen LogP contribution >= 0.6 is 31.9 Å². The smallest absolute Gasteiger partial charge is 0.144 e. The Morgan fingerprint density at radius 2 is 1.85 bits per heavy atom. The molecule has 2 aromatic carbocycles. The highest BCUT2D eigenvalue weighted by atomic mass is 79.9. The molecule has 106 valence electrons. The molecule has 0 amide bonds. The van der Waals surface area contributed by atoms with E-state index in [4.69, 9.17) is 4.74 Å². The molecule has 0 fully saturated rings. The Hall–Kier alpha value is -0.910. The van der Waals surface area contributed by atoms with Gasteiger partial charge in [-0.2, -0.15) is 0 Å². The van der Waals surface area contributed by atoms with Crippen molar-refractivity contribution in [3.05, 3.63) is 56.7 Å². The Morgan fingerprint density at radius 3 is 2.50 bits per heavy atom. The van der Waals surface area contributed by atoms with Crippen molar-refractivity contribution in [2.24, 2.45) is 0 Å². The largest absolute Gasteiger partial charge is 0.456 e. The predicted molar refractivity (Wildman–Crippen MR) is 85.8 cm³/mol. The summed E-state index contributed by atoms with van der Waals surface area (Å²) >= 11 is 6.87. The molecule has 0 aliphatic heterocycles. The number of nitrogens with one attached hydrogen (secondary N) is 1. The maximum absolute atomic E-state index is 13.2. The Labute approximate surface area is 134 Å². The molecule has 0 saturated heterocycles. The molecule has 0 aromatic heterocycles. The molecule has 2 rings (SSSR count). The van der Waals surface area contributed by atoms with Gasteiger partial charge in [0.1, 0.15) is 17.3 Å². The fourth-order valence-electron chi connectivity index (χ4n) is 1.76. The summed E-state index contributed by atoms with van der Waals surface area (Å²) in [5.74, 6) is 0.768. The minimum Gasteiger partial charge on any atom is -0.456 e. The van der Waals surface area contributed by atoms with Gasteiger partial charge in [-0.1, -0.05) is 22.0 Å². The van der Waals surface area contributed by atoms with Gasteiger partial charge >= 0.3 is 0 Å². The van der Waals surface area contributed by atoms with Crippen LogP contribution in [0.1, 0.15) is 18.5 Å². The zero-order chi connectivity index (χ0) is 14.7. The molecule has 0 saturated carbocycles. The topological polar surface area (TPSA) is 21.3 Å². The van der Waals surface area contributed by atoms with Crippen molar-refractivity contribution < 1.29 is 9.13 Å². The SMILES string of the molecule is CNC(C)c1ccc(Oc2cc(F)ccc2Br)cc1Br. The van der Waals surface area contributed by atoms with Crippen LogP contribution in [0.15, 0.2) is 45.3 Å². The van der Waals surface area contributed by atoms with Crippen LogP contribution in [0.4, 0.5) is 4.39 Å². The van der Waals surface area contributed by atoms with Crippen molar-refractivity contribution in [1.82, 2.24) is 5.32 Å². The molecular formula is C15H14Br2FNO. The van der Waals surface area contributed by atoms with E-state index in [1.165, 1.54) is 12.1 Å². The van der Waals surface area contributed by atoms with E-state index in [-0.39, 0.29) is 11.9 Å². The minimum absolute atomic E-state index is 0.235. The lowest BCUT2D eigenvalue weighted by molar-refractivity contribution is 0.472. The number of rotatable bonds is 4. The molecule has 2 nitrogen and oxygen atoms in total. The average Bonchev–Trinajstić information content (AvgIpc) is 2.42. The standard InChI is InChI=1S/C15H14Br2FNO/c1-9(19-2)12-5-4-11(8-14(12)17)20-15-7-10(18)3-6-13(15)16/h3-9,19H,1-2H3. The third-order valence-electron chi connectivity index (χ3n) is 2.99. The normalized spacial score (nSPS) is 12.2. The van der Waals surface area contributed by atoms with Crippen LogP contribution < -0.4 is 10.1 Å². The van der Waals surface area contributed by atoms with E-state index in [0.29, 0.717) is 16.0 Å². The maximum atomic E-state index is 13.2. The van der Waals surface area contributed by atoms with E-state index in [2.05, 4.69) is 44.1 Å². The lowest BCUT2D eigenvalue weighted by Gasteiger charge is -2.14. The van der Waals surface area contributed by atoms with Crippen molar-refractivity contribution in [3.8, 4) is 11.5 Å². The zero-order valence-corrected chi connectivity index (χ0v) is 14.3. The summed E-state index contributed by atoms with van der Waals surface area (Å²) in [4.78, 5) is 0. The van der Waals surface area contributed by atoms with Gasteiger partial charge in [-0.3, -0.25) is 0 Å². The van der Waals surface area contributed by atoms with Gasteiger partial charge in [0, 0.05) is 16.6 Å². The number of halogens is 3. The molecule has 20 heavy (non-hydrogen) atoms. The molecule has 0 aliphatic rings. The van der Waals surface area contributed by atoms with Crippen molar-refractivity contribution in [2.75, 3.05) is 7.05 Å². The van der Waals surface area contributed by atoms with Gasteiger partial charge in [0.15, 0.2) is 0 Å². The first-order valence-electron chi connectivity index (χ1n) is 6.11. The van der Waals surface area contributed by atoms with Crippen molar-refractivity contribution in [2.45, 2.75) is 13.0 Å². The molecule has 5 heteroatoms. The third-order valence-corrected chi connectivity index (χ3v) is 4.33. The number of ether oxygens (including phenoxy) is 1. The predicted octanol–water partition coefficient (Wildman–Crippen LogP) is 5.42. The average molecular weight is 403 g/mol. The first kappa shape index (κ1) is 15.5. The maximum Gasteiger partial charge on any atom is 0.144 e. The summed E-state index contributed by atoms with van der Waals surface area (Å²) in [6, 6.07) is 10.3. The Balaban J connectivity index is 2.26. The fourth-order valence-corrected chi connectivity index (χ4v) is 2.79. The van der Waals surface area contributed by atoms with E-state index in [9.17, 15) is 4.39 Å². The van der Waals surface area contributed by atoms with Crippen molar-refractivity contribution in [3.63, 3.8) is 0 Å². The second kappa shape index (κ2) is 6.70. The van der Waals surface area contributed by atoms with E-state index >= 15 is 0 Å². The van der Waals surface area contributed by atoms with E-state index in [0.717, 1.165) is 10.0 Å². The molecule has 0 bridgehead atoms. The van der Waals surface area contributed by atoms with Crippen LogP contribution in [0.25, 0.3) is 0 Å². The summed E-state index contributed by atoms with van der Waals surface area (Å²) in [6.45, 7) is 2.07. The summed E-state index contributed by atoms with van der Waals surface area (Å²) in [5.41, 5.74) is 1.14.